The third kappa shape index (κ3) is 4.74. The Morgan fingerprint density at radius 3 is 2.65 bits per heavy atom. The molecule has 0 bridgehead atoms. The number of hydrogen-bond donors (Lipinski definition) is 2. The summed E-state index contributed by atoms with van der Waals surface area (Å²) in [6.07, 6.45) is -0.302. The average molecular weight is 315 g/mol. The van der Waals surface area contributed by atoms with Gasteiger partial charge in [0.2, 0.25) is 0 Å². The van der Waals surface area contributed by atoms with Crippen LogP contribution in [-0.4, -0.2) is 37.7 Å². The number of carbonyl (C=O) groups is 2. The summed E-state index contributed by atoms with van der Waals surface area (Å²) in [5.41, 5.74) is 2.29. The number of aldehydes is 1. The summed E-state index contributed by atoms with van der Waals surface area (Å²) >= 11 is 0. The predicted molar refractivity (Wildman–Crippen MR) is 85.3 cm³/mol. The molecular formula is C17H17NO5. The molecule has 2 aromatic carbocycles. The lowest BCUT2D eigenvalue weighted by molar-refractivity contribution is 0.112. The maximum absolute atomic E-state index is 10.9. The number of methoxy groups -OCH3 is 1. The van der Waals surface area contributed by atoms with Gasteiger partial charge in [0.1, 0.15) is 24.4 Å². The lowest BCUT2D eigenvalue weighted by Gasteiger charge is -2.11. The van der Waals surface area contributed by atoms with Gasteiger partial charge >= 0.3 is 6.09 Å². The molecule has 0 unspecified atom stereocenters. The highest BCUT2D eigenvalue weighted by atomic mass is 16.5. The molecule has 23 heavy (non-hydrogen) atoms. The van der Waals surface area contributed by atoms with Gasteiger partial charge in [-0.15, -0.1) is 0 Å². The van der Waals surface area contributed by atoms with Gasteiger partial charge in [-0.1, -0.05) is 18.2 Å². The number of carbonyl (C=O) groups excluding carboxylic acids is 1. The molecule has 120 valence electrons. The van der Waals surface area contributed by atoms with Gasteiger partial charge < -0.3 is 19.9 Å². The van der Waals surface area contributed by atoms with Crippen LogP contribution in [0, 0.1) is 0 Å². The molecule has 0 aliphatic heterocycles. The zero-order chi connectivity index (χ0) is 16.7. The summed E-state index contributed by atoms with van der Waals surface area (Å²) in [5.74, 6) is 1.17. The standard InChI is InChI=1S/C17H17NO5/c1-22-15-8-14(13-4-2-3-12(7-13)11-19)9-16(10-15)23-6-5-18-17(20)21/h2-4,7-11,18H,5-6H2,1H3,(H,20,21). The minimum Gasteiger partial charge on any atom is -0.497 e. The van der Waals surface area contributed by atoms with Gasteiger partial charge in [-0.2, -0.15) is 0 Å². The van der Waals surface area contributed by atoms with Crippen molar-refractivity contribution in [1.82, 2.24) is 5.32 Å². The number of amides is 1. The minimum atomic E-state index is -1.09. The second-order valence-electron chi connectivity index (χ2n) is 4.72. The van der Waals surface area contributed by atoms with E-state index in [1.807, 2.05) is 18.2 Å². The molecule has 0 saturated heterocycles. The molecular weight excluding hydrogens is 298 g/mol. The lowest BCUT2D eigenvalue weighted by atomic mass is 10.0. The maximum atomic E-state index is 10.9. The molecule has 0 aliphatic carbocycles. The first-order chi connectivity index (χ1) is 11.1. The number of ether oxygens (including phenoxy) is 2. The summed E-state index contributed by atoms with van der Waals surface area (Å²) < 4.78 is 10.8. The number of nitrogens with one attached hydrogen (secondary N) is 1. The summed E-state index contributed by atoms with van der Waals surface area (Å²) in [7, 11) is 1.55. The number of hydrogen-bond acceptors (Lipinski definition) is 4. The third-order valence-corrected chi connectivity index (χ3v) is 3.12. The van der Waals surface area contributed by atoms with Crippen molar-refractivity contribution < 1.29 is 24.2 Å². The molecule has 0 aromatic heterocycles. The zero-order valence-electron chi connectivity index (χ0n) is 12.6. The normalized spacial score (nSPS) is 9.96. The fourth-order valence-corrected chi connectivity index (χ4v) is 2.06. The highest BCUT2D eigenvalue weighted by Gasteiger charge is 2.06. The Labute approximate surface area is 133 Å². The van der Waals surface area contributed by atoms with Crippen LogP contribution in [0.4, 0.5) is 4.79 Å². The zero-order valence-corrected chi connectivity index (χ0v) is 12.6. The van der Waals surface area contributed by atoms with Crippen LogP contribution >= 0.6 is 0 Å². The molecule has 0 aliphatic rings. The molecule has 1 amide bonds. The molecule has 0 spiro atoms. The van der Waals surface area contributed by atoms with E-state index in [-0.39, 0.29) is 13.2 Å². The van der Waals surface area contributed by atoms with Crippen LogP contribution in [-0.2, 0) is 0 Å². The van der Waals surface area contributed by atoms with E-state index in [4.69, 9.17) is 14.6 Å². The molecule has 0 fully saturated rings. The number of benzene rings is 2. The molecule has 0 saturated carbocycles. The van der Waals surface area contributed by atoms with E-state index in [1.165, 1.54) is 0 Å². The fraction of sp³-hybridized carbons (Fsp3) is 0.176. The van der Waals surface area contributed by atoms with Gasteiger partial charge in [-0.3, -0.25) is 4.79 Å². The molecule has 0 radical (unpaired) electrons. The van der Waals surface area contributed by atoms with Gasteiger partial charge in [0.15, 0.2) is 0 Å². The highest BCUT2D eigenvalue weighted by Crippen LogP contribution is 2.30. The van der Waals surface area contributed by atoms with Crippen molar-refractivity contribution in [3.05, 3.63) is 48.0 Å². The van der Waals surface area contributed by atoms with Crippen molar-refractivity contribution in [1.29, 1.82) is 0 Å². The van der Waals surface area contributed by atoms with Crippen molar-refractivity contribution in [3.8, 4) is 22.6 Å². The Balaban J connectivity index is 2.20. The first kappa shape index (κ1) is 16.4. The molecule has 6 heteroatoms. The molecule has 6 nitrogen and oxygen atoms in total. The van der Waals surface area contributed by atoms with Gasteiger partial charge in [-0.25, -0.2) is 4.79 Å². The van der Waals surface area contributed by atoms with E-state index >= 15 is 0 Å². The van der Waals surface area contributed by atoms with Gasteiger partial charge in [0, 0.05) is 11.6 Å². The first-order valence-corrected chi connectivity index (χ1v) is 6.96. The van der Waals surface area contributed by atoms with Crippen LogP contribution in [0.3, 0.4) is 0 Å². The van der Waals surface area contributed by atoms with E-state index < -0.39 is 6.09 Å². The molecule has 0 heterocycles. The maximum Gasteiger partial charge on any atom is 0.404 e. The van der Waals surface area contributed by atoms with Crippen LogP contribution in [0.15, 0.2) is 42.5 Å². The SMILES string of the molecule is COc1cc(OCCNC(=O)O)cc(-c2cccc(C=O)c2)c1. The topological polar surface area (TPSA) is 84.9 Å². The quantitative estimate of drug-likeness (QED) is 0.606. The van der Waals surface area contributed by atoms with Gasteiger partial charge in [0.25, 0.3) is 0 Å². The van der Waals surface area contributed by atoms with Crippen molar-refractivity contribution in [2.24, 2.45) is 0 Å². The van der Waals surface area contributed by atoms with E-state index in [2.05, 4.69) is 5.32 Å². The predicted octanol–water partition coefficient (Wildman–Crippen LogP) is 2.82. The Hall–Kier alpha value is -3.02. The molecule has 2 N–H and O–H groups in total. The van der Waals surface area contributed by atoms with Gasteiger partial charge in [0.05, 0.1) is 13.7 Å². The Bertz CT molecular complexity index is 699. The second-order valence-corrected chi connectivity index (χ2v) is 4.72. The second kappa shape index (κ2) is 7.84. The van der Waals surface area contributed by atoms with Crippen molar-refractivity contribution in [3.63, 3.8) is 0 Å². The van der Waals surface area contributed by atoms with E-state index in [0.29, 0.717) is 17.1 Å². The molecule has 2 aromatic rings. The number of rotatable bonds is 7. The largest absolute Gasteiger partial charge is 0.497 e. The minimum absolute atomic E-state index is 0.183. The van der Waals surface area contributed by atoms with E-state index in [9.17, 15) is 9.59 Å². The summed E-state index contributed by atoms with van der Waals surface area (Å²) in [6, 6.07) is 12.6. The van der Waals surface area contributed by atoms with Crippen molar-refractivity contribution in [2.75, 3.05) is 20.3 Å². The van der Waals surface area contributed by atoms with E-state index in [0.717, 1.165) is 17.4 Å². The summed E-state index contributed by atoms with van der Waals surface area (Å²) in [5, 5.41) is 10.7. The van der Waals surface area contributed by atoms with E-state index in [1.54, 1.807) is 31.4 Å². The highest BCUT2D eigenvalue weighted by molar-refractivity contribution is 5.79. The van der Waals surface area contributed by atoms with Crippen LogP contribution in [0.1, 0.15) is 10.4 Å². The summed E-state index contributed by atoms with van der Waals surface area (Å²) in [4.78, 5) is 21.3. The fourth-order valence-electron chi connectivity index (χ4n) is 2.06. The summed E-state index contributed by atoms with van der Waals surface area (Å²) in [6.45, 7) is 0.385. The van der Waals surface area contributed by atoms with Crippen LogP contribution in [0.2, 0.25) is 0 Å². The van der Waals surface area contributed by atoms with Gasteiger partial charge in [-0.05, 0) is 29.3 Å². The monoisotopic (exact) mass is 315 g/mol. The van der Waals surface area contributed by atoms with Crippen molar-refractivity contribution in [2.45, 2.75) is 0 Å². The van der Waals surface area contributed by atoms with Crippen LogP contribution < -0.4 is 14.8 Å². The smallest absolute Gasteiger partial charge is 0.404 e. The lowest BCUT2D eigenvalue weighted by Crippen LogP contribution is -2.26. The molecule has 2 rings (SSSR count). The van der Waals surface area contributed by atoms with Crippen LogP contribution in [0.5, 0.6) is 11.5 Å². The first-order valence-electron chi connectivity index (χ1n) is 6.96. The average Bonchev–Trinajstić information content (AvgIpc) is 2.58. The Morgan fingerprint density at radius 1 is 1.17 bits per heavy atom. The van der Waals surface area contributed by atoms with Crippen molar-refractivity contribution >= 4 is 12.4 Å². The van der Waals surface area contributed by atoms with Crippen LogP contribution in [0.25, 0.3) is 11.1 Å². The third-order valence-electron chi connectivity index (χ3n) is 3.12. The molecule has 0 atom stereocenters. The Morgan fingerprint density at radius 2 is 1.96 bits per heavy atom. The Kier molecular flexibility index (Phi) is 5.57. The number of carboxylic acid groups (broad SMARTS) is 1.